The van der Waals surface area contributed by atoms with E-state index in [4.69, 9.17) is 5.11 Å². The second kappa shape index (κ2) is 4.30. The molecule has 5 nitrogen and oxygen atoms in total. The highest BCUT2D eigenvalue weighted by Gasteiger charge is 2.31. The monoisotopic (exact) mass is 273 g/mol. The number of hydrogen-bond acceptors (Lipinski definition) is 3. The molecular formula is C11H6F3NO4. The zero-order valence-electron chi connectivity index (χ0n) is 9.12. The predicted molar refractivity (Wildman–Crippen MR) is 56.9 cm³/mol. The number of carbonyl (C=O) groups excluding carboxylic acids is 1. The van der Waals surface area contributed by atoms with Gasteiger partial charge in [-0.1, -0.05) is 0 Å². The molecule has 0 spiro atoms. The average Bonchev–Trinajstić information content (AvgIpc) is 2.68. The van der Waals surface area contributed by atoms with Crippen molar-refractivity contribution in [1.29, 1.82) is 0 Å². The molecule has 1 aromatic heterocycles. The molecule has 0 saturated heterocycles. The molecule has 0 atom stereocenters. The van der Waals surface area contributed by atoms with Crippen molar-refractivity contribution >= 4 is 22.7 Å². The Kier molecular flexibility index (Phi) is 2.93. The van der Waals surface area contributed by atoms with Gasteiger partial charge < -0.3 is 14.8 Å². The highest BCUT2D eigenvalue weighted by molar-refractivity contribution is 6.42. The molecule has 0 bridgehead atoms. The third kappa shape index (κ3) is 2.67. The Morgan fingerprint density at radius 1 is 1.26 bits per heavy atom. The molecule has 2 rings (SSSR count). The van der Waals surface area contributed by atoms with Crippen LogP contribution in [0.15, 0.2) is 24.4 Å². The van der Waals surface area contributed by atoms with E-state index in [1.54, 1.807) is 0 Å². The third-order valence-corrected chi connectivity index (χ3v) is 2.33. The second-order valence-electron chi connectivity index (χ2n) is 3.59. The molecule has 0 saturated carbocycles. The van der Waals surface area contributed by atoms with Gasteiger partial charge in [0.05, 0.1) is 5.56 Å². The van der Waals surface area contributed by atoms with E-state index in [9.17, 15) is 22.8 Å². The molecule has 100 valence electrons. The summed E-state index contributed by atoms with van der Waals surface area (Å²) >= 11 is 0. The zero-order valence-corrected chi connectivity index (χ0v) is 9.12. The summed E-state index contributed by atoms with van der Waals surface area (Å²) in [4.78, 5) is 24.4. The van der Waals surface area contributed by atoms with Crippen molar-refractivity contribution in [2.75, 3.05) is 0 Å². The van der Waals surface area contributed by atoms with Crippen molar-refractivity contribution in [2.24, 2.45) is 0 Å². The first-order valence-corrected chi connectivity index (χ1v) is 4.92. The summed E-state index contributed by atoms with van der Waals surface area (Å²) in [5.41, 5.74) is 0.0485. The first kappa shape index (κ1) is 12.9. The Bertz CT molecular complexity index is 659. The topological polar surface area (TPSA) is 79.4 Å². The third-order valence-electron chi connectivity index (χ3n) is 2.33. The van der Waals surface area contributed by atoms with E-state index < -0.39 is 23.9 Å². The number of halogens is 3. The number of rotatable bonds is 3. The van der Waals surface area contributed by atoms with Gasteiger partial charge in [-0.05, 0) is 12.1 Å². The minimum Gasteiger partial charge on any atom is -0.475 e. The minimum absolute atomic E-state index is 0.124. The second-order valence-corrected chi connectivity index (χ2v) is 3.59. The first-order valence-electron chi connectivity index (χ1n) is 4.92. The number of fused-ring (bicyclic) bond motifs is 1. The van der Waals surface area contributed by atoms with Crippen molar-refractivity contribution in [3.8, 4) is 5.75 Å². The van der Waals surface area contributed by atoms with Crippen molar-refractivity contribution in [3.63, 3.8) is 0 Å². The number of H-pyrrole nitrogens is 1. The molecule has 1 heterocycles. The van der Waals surface area contributed by atoms with E-state index >= 15 is 0 Å². The number of ketones is 1. The van der Waals surface area contributed by atoms with Gasteiger partial charge in [0.2, 0.25) is 0 Å². The van der Waals surface area contributed by atoms with Crippen LogP contribution >= 0.6 is 0 Å². The number of aromatic nitrogens is 1. The van der Waals surface area contributed by atoms with E-state index in [1.807, 2.05) is 0 Å². The molecule has 0 fully saturated rings. The molecule has 2 N–H and O–H groups in total. The quantitative estimate of drug-likeness (QED) is 0.664. The summed E-state index contributed by atoms with van der Waals surface area (Å²) < 4.78 is 39.8. The summed E-state index contributed by atoms with van der Waals surface area (Å²) in [7, 11) is 0. The van der Waals surface area contributed by atoms with Crippen LogP contribution in [0.25, 0.3) is 10.9 Å². The summed E-state index contributed by atoms with van der Waals surface area (Å²) in [6, 6.07) is 3.22. The zero-order chi connectivity index (χ0) is 14.2. The fourth-order valence-electron chi connectivity index (χ4n) is 1.61. The maximum atomic E-state index is 12.0. The average molecular weight is 273 g/mol. The van der Waals surface area contributed by atoms with E-state index in [2.05, 4.69) is 9.72 Å². The number of carboxylic acids is 1. The highest BCUT2D eigenvalue weighted by Crippen LogP contribution is 2.27. The number of ether oxygens (including phenoxy) is 1. The Hall–Kier alpha value is -2.51. The van der Waals surface area contributed by atoms with Crippen molar-refractivity contribution < 1.29 is 32.6 Å². The van der Waals surface area contributed by atoms with E-state index in [-0.39, 0.29) is 16.5 Å². The SMILES string of the molecule is O=C(O)C(=O)c1c[nH]c2cc(OC(F)(F)F)ccc12. The summed E-state index contributed by atoms with van der Waals surface area (Å²) in [5, 5.41) is 8.79. The van der Waals surface area contributed by atoms with E-state index in [1.165, 1.54) is 6.07 Å². The lowest BCUT2D eigenvalue weighted by molar-refractivity contribution is -0.274. The van der Waals surface area contributed by atoms with Crippen LogP contribution in [0.4, 0.5) is 13.2 Å². The highest BCUT2D eigenvalue weighted by atomic mass is 19.4. The lowest BCUT2D eigenvalue weighted by atomic mass is 10.1. The van der Waals surface area contributed by atoms with Crippen LogP contribution in [0.3, 0.4) is 0 Å². The lowest BCUT2D eigenvalue weighted by Crippen LogP contribution is -2.17. The van der Waals surface area contributed by atoms with Crippen molar-refractivity contribution in [1.82, 2.24) is 4.98 Å². The number of alkyl halides is 3. The van der Waals surface area contributed by atoms with Gasteiger partial charge in [-0.2, -0.15) is 0 Å². The number of carboxylic acid groups (broad SMARTS) is 1. The molecule has 0 amide bonds. The number of Topliss-reactive ketones (excluding diaryl/α,β-unsaturated/α-hetero) is 1. The van der Waals surface area contributed by atoms with Gasteiger partial charge in [0.15, 0.2) is 0 Å². The number of benzene rings is 1. The number of aliphatic carboxylic acids is 1. The van der Waals surface area contributed by atoms with Gasteiger partial charge in [-0.3, -0.25) is 4.79 Å². The van der Waals surface area contributed by atoms with Crippen LogP contribution < -0.4 is 4.74 Å². The predicted octanol–water partition coefficient (Wildman–Crippen LogP) is 2.33. The fraction of sp³-hybridized carbons (Fsp3) is 0.0909. The van der Waals surface area contributed by atoms with Gasteiger partial charge in [0.25, 0.3) is 5.78 Å². The van der Waals surface area contributed by atoms with Crippen molar-refractivity contribution in [3.05, 3.63) is 30.0 Å². The van der Waals surface area contributed by atoms with Crippen LogP contribution in [-0.4, -0.2) is 28.2 Å². The maximum Gasteiger partial charge on any atom is 0.573 e. The molecule has 0 unspecified atom stereocenters. The van der Waals surface area contributed by atoms with E-state index in [0.29, 0.717) is 0 Å². The van der Waals surface area contributed by atoms with Gasteiger partial charge in [0.1, 0.15) is 5.75 Å². The van der Waals surface area contributed by atoms with Crippen LogP contribution in [0.2, 0.25) is 0 Å². The fourth-order valence-corrected chi connectivity index (χ4v) is 1.61. The van der Waals surface area contributed by atoms with Crippen LogP contribution in [0.5, 0.6) is 5.75 Å². The largest absolute Gasteiger partial charge is 0.573 e. The smallest absolute Gasteiger partial charge is 0.475 e. The molecule has 8 heteroatoms. The lowest BCUT2D eigenvalue weighted by Gasteiger charge is -2.08. The molecule has 0 aliphatic carbocycles. The van der Waals surface area contributed by atoms with Gasteiger partial charge in [-0.25, -0.2) is 4.79 Å². The summed E-state index contributed by atoms with van der Waals surface area (Å²) in [6.07, 6.45) is -3.70. The Balaban J connectivity index is 2.42. The van der Waals surface area contributed by atoms with Crippen LogP contribution in [-0.2, 0) is 4.79 Å². The van der Waals surface area contributed by atoms with Gasteiger partial charge in [0, 0.05) is 23.2 Å². The number of nitrogens with one attached hydrogen (secondary N) is 1. The maximum absolute atomic E-state index is 12.0. The summed E-state index contributed by atoms with van der Waals surface area (Å²) in [6.45, 7) is 0. The number of aromatic amines is 1. The van der Waals surface area contributed by atoms with Crippen LogP contribution in [0.1, 0.15) is 10.4 Å². The number of hydrogen-bond donors (Lipinski definition) is 2. The van der Waals surface area contributed by atoms with Crippen molar-refractivity contribution in [2.45, 2.75) is 6.36 Å². The first-order chi connectivity index (χ1) is 8.78. The molecule has 0 aliphatic rings. The van der Waals surface area contributed by atoms with E-state index in [0.717, 1.165) is 18.3 Å². The molecule has 0 radical (unpaired) electrons. The standard InChI is InChI=1S/C11H6F3NO4/c12-11(13,14)19-5-1-2-6-7(9(16)10(17)18)4-15-8(6)3-5/h1-4,15H,(H,17,18). The molecule has 1 aromatic carbocycles. The Morgan fingerprint density at radius 3 is 2.53 bits per heavy atom. The number of carbonyl (C=O) groups is 2. The van der Waals surface area contributed by atoms with Gasteiger partial charge >= 0.3 is 12.3 Å². The Morgan fingerprint density at radius 2 is 1.95 bits per heavy atom. The minimum atomic E-state index is -4.82. The molecule has 2 aromatic rings. The Labute approximate surface area is 103 Å². The molecule has 0 aliphatic heterocycles. The summed E-state index contributed by atoms with van der Waals surface area (Å²) in [5.74, 6) is -3.25. The molecule has 19 heavy (non-hydrogen) atoms. The molecular weight excluding hydrogens is 267 g/mol. The normalized spacial score (nSPS) is 11.5. The van der Waals surface area contributed by atoms with Gasteiger partial charge in [-0.15, -0.1) is 13.2 Å². The van der Waals surface area contributed by atoms with Crippen LogP contribution in [0, 0.1) is 0 Å².